The molecule has 0 unspecified atom stereocenters. The fourth-order valence-corrected chi connectivity index (χ4v) is 4.35. The zero-order chi connectivity index (χ0) is 17.7. The van der Waals surface area contributed by atoms with E-state index in [2.05, 4.69) is 10.3 Å². The van der Waals surface area contributed by atoms with Crippen molar-refractivity contribution in [1.82, 2.24) is 14.2 Å². The lowest BCUT2D eigenvalue weighted by molar-refractivity contribution is -0.127. The molecule has 2 fully saturated rings. The summed E-state index contributed by atoms with van der Waals surface area (Å²) < 4.78 is 31.6. The number of amides is 1. The molecule has 138 valence electrons. The minimum atomic E-state index is -3.50. The molecule has 25 heavy (non-hydrogen) atoms. The predicted octanol–water partition coefficient (Wildman–Crippen LogP) is 0.527. The number of anilines is 1. The quantitative estimate of drug-likeness (QED) is 0.706. The lowest BCUT2D eigenvalue weighted by Crippen LogP contribution is -2.40. The summed E-state index contributed by atoms with van der Waals surface area (Å²) in [4.78, 5) is 17.8. The second kappa shape index (κ2) is 8.11. The van der Waals surface area contributed by atoms with Crippen LogP contribution < -0.4 is 5.32 Å². The largest absolute Gasteiger partial charge is 0.379 e. The van der Waals surface area contributed by atoms with E-state index >= 15 is 0 Å². The van der Waals surface area contributed by atoms with E-state index in [1.165, 1.54) is 10.5 Å². The molecule has 0 aromatic carbocycles. The zero-order valence-corrected chi connectivity index (χ0v) is 15.0. The van der Waals surface area contributed by atoms with E-state index in [4.69, 9.17) is 4.74 Å². The van der Waals surface area contributed by atoms with Gasteiger partial charge in [-0.3, -0.25) is 4.79 Å². The normalized spacial score (nSPS) is 19.4. The summed E-state index contributed by atoms with van der Waals surface area (Å²) in [5, 5.41) is 3.16. The molecule has 0 aliphatic carbocycles. The summed E-state index contributed by atoms with van der Waals surface area (Å²) >= 11 is 0. The molecule has 1 N–H and O–H groups in total. The van der Waals surface area contributed by atoms with E-state index in [-0.39, 0.29) is 10.8 Å². The van der Waals surface area contributed by atoms with E-state index in [1.807, 2.05) is 4.90 Å². The number of hydrogen-bond donors (Lipinski definition) is 1. The number of hydrogen-bond acceptors (Lipinski definition) is 6. The summed E-state index contributed by atoms with van der Waals surface area (Å²) in [6.45, 7) is 3.87. The molecule has 0 bridgehead atoms. The van der Waals surface area contributed by atoms with Crippen LogP contribution in [0.25, 0.3) is 0 Å². The van der Waals surface area contributed by atoms with E-state index in [0.29, 0.717) is 45.1 Å². The number of pyridine rings is 1. The van der Waals surface area contributed by atoms with Crippen LogP contribution in [0.4, 0.5) is 5.82 Å². The number of sulfonamides is 1. The Labute approximate surface area is 148 Å². The van der Waals surface area contributed by atoms with Gasteiger partial charge in [-0.1, -0.05) is 0 Å². The smallest absolute Gasteiger partial charge is 0.244 e. The Kier molecular flexibility index (Phi) is 5.87. The Morgan fingerprint density at radius 1 is 1.20 bits per heavy atom. The number of rotatable bonds is 7. The van der Waals surface area contributed by atoms with Crippen LogP contribution >= 0.6 is 0 Å². The van der Waals surface area contributed by atoms with Gasteiger partial charge >= 0.3 is 0 Å². The molecule has 2 aliphatic rings. The Morgan fingerprint density at radius 3 is 2.64 bits per heavy atom. The SMILES string of the molecule is O=C1CCCN1CCCNc1ccc(S(=O)(=O)N2CCOCC2)cn1. The van der Waals surface area contributed by atoms with Crippen LogP contribution in [0.2, 0.25) is 0 Å². The van der Waals surface area contributed by atoms with E-state index in [1.54, 1.807) is 12.1 Å². The average Bonchev–Trinajstić information content (AvgIpc) is 3.05. The van der Waals surface area contributed by atoms with Gasteiger partial charge in [-0.2, -0.15) is 4.31 Å². The highest BCUT2D eigenvalue weighted by Gasteiger charge is 2.26. The van der Waals surface area contributed by atoms with Crippen LogP contribution in [0, 0.1) is 0 Å². The first-order chi connectivity index (χ1) is 12.1. The molecule has 1 amide bonds. The van der Waals surface area contributed by atoms with Gasteiger partial charge in [-0.15, -0.1) is 0 Å². The molecule has 0 radical (unpaired) electrons. The van der Waals surface area contributed by atoms with Crippen molar-refractivity contribution in [3.63, 3.8) is 0 Å². The number of carbonyl (C=O) groups excluding carboxylic acids is 1. The zero-order valence-electron chi connectivity index (χ0n) is 14.2. The average molecular weight is 368 g/mol. The van der Waals surface area contributed by atoms with Crippen molar-refractivity contribution >= 4 is 21.7 Å². The topological polar surface area (TPSA) is 91.8 Å². The number of nitrogens with one attached hydrogen (secondary N) is 1. The number of morpholine rings is 1. The molecule has 0 spiro atoms. The second-order valence-corrected chi connectivity index (χ2v) is 8.10. The second-order valence-electron chi connectivity index (χ2n) is 6.16. The van der Waals surface area contributed by atoms with Crippen LogP contribution in [0.3, 0.4) is 0 Å². The van der Waals surface area contributed by atoms with Crippen LogP contribution in [0.1, 0.15) is 19.3 Å². The lowest BCUT2D eigenvalue weighted by Gasteiger charge is -2.25. The number of ether oxygens (including phenoxy) is 1. The van der Waals surface area contributed by atoms with Gasteiger partial charge in [0.25, 0.3) is 0 Å². The van der Waals surface area contributed by atoms with Crippen molar-refractivity contribution in [3.8, 4) is 0 Å². The Balaban J connectivity index is 1.49. The monoisotopic (exact) mass is 368 g/mol. The van der Waals surface area contributed by atoms with Crippen molar-refractivity contribution < 1.29 is 17.9 Å². The van der Waals surface area contributed by atoms with E-state index < -0.39 is 10.0 Å². The van der Waals surface area contributed by atoms with E-state index in [0.717, 1.165) is 25.9 Å². The molecular weight excluding hydrogens is 344 g/mol. The highest BCUT2D eigenvalue weighted by atomic mass is 32.2. The maximum Gasteiger partial charge on any atom is 0.244 e. The first kappa shape index (κ1) is 18.1. The maximum atomic E-state index is 12.5. The summed E-state index contributed by atoms with van der Waals surface area (Å²) in [7, 11) is -3.50. The number of carbonyl (C=O) groups is 1. The van der Waals surface area contributed by atoms with Gasteiger partial charge in [0.2, 0.25) is 15.9 Å². The summed E-state index contributed by atoms with van der Waals surface area (Å²) in [5.74, 6) is 0.865. The predicted molar refractivity (Wildman–Crippen MR) is 92.7 cm³/mol. The number of aromatic nitrogens is 1. The highest BCUT2D eigenvalue weighted by molar-refractivity contribution is 7.89. The third kappa shape index (κ3) is 4.47. The first-order valence-electron chi connectivity index (χ1n) is 8.63. The third-order valence-electron chi connectivity index (χ3n) is 4.43. The van der Waals surface area contributed by atoms with Crippen molar-refractivity contribution in [2.45, 2.75) is 24.2 Å². The molecule has 2 aliphatic heterocycles. The van der Waals surface area contributed by atoms with Gasteiger partial charge in [0, 0.05) is 45.3 Å². The van der Waals surface area contributed by atoms with Crippen LogP contribution in [-0.2, 0) is 19.6 Å². The molecule has 0 saturated carbocycles. The number of nitrogens with zero attached hydrogens (tertiary/aromatic N) is 3. The van der Waals surface area contributed by atoms with Gasteiger partial charge in [0.05, 0.1) is 13.2 Å². The lowest BCUT2D eigenvalue weighted by atomic mass is 10.3. The fourth-order valence-electron chi connectivity index (χ4n) is 3.00. The van der Waals surface area contributed by atoms with Gasteiger partial charge in [0.15, 0.2) is 0 Å². The molecular formula is C16H24N4O4S. The Bertz CT molecular complexity index is 687. The minimum Gasteiger partial charge on any atom is -0.379 e. The molecule has 1 aromatic rings. The van der Waals surface area contributed by atoms with Crippen LogP contribution in [0.15, 0.2) is 23.2 Å². The summed E-state index contributed by atoms with van der Waals surface area (Å²) in [6, 6.07) is 3.25. The Hall–Kier alpha value is -1.71. The molecule has 9 heteroatoms. The highest BCUT2D eigenvalue weighted by Crippen LogP contribution is 2.17. The van der Waals surface area contributed by atoms with E-state index in [9.17, 15) is 13.2 Å². The molecule has 0 atom stereocenters. The van der Waals surface area contributed by atoms with Crippen molar-refractivity contribution in [2.75, 3.05) is 51.3 Å². The standard InChI is InChI=1S/C16H24N4O4S/c21-16-3-1-7-19(16)8-2-6-17-15-5-4-14(13-18-15)25(22,23)20-9-11-24-12-10-20/h4-5,13H,1-3,6-12H2,(H,17,18). The molecule has 2 saturated heterocycles. The van der Waals surface area contributed by atoms with Crippen molar-refractivity contribution in [1.29, 1.82) is 0 Å². The van der Waals surface area contributed by atoms with Crippen LogP contribution in [-0.4, -0.2) is 74.5 Å². The van der Waals surface area contributed by atoms with Gasteiger partial charge < -0.3 is 15.0 Å². The maximum absolute atomic E-state index is 12.5. The van der Waals surface area contributed by atoms with Gasteiger partial charge in [-0.25, -0.2) is 13.4 Å². The fraction of sp³-hybridized carbons (Fsp3) is 0.625. The van der Waals surface area contributed by atoms with Crippen LogP contribution in [0.5, 0.6) is 0 Å². The molecule has 8 nitrogen and oxygen atoms in total. The molecule has 3 heterocycles. The number of likely N-dealkylation sites (tertiary alicyclic amines) is 1. The van der Waals surface area contributed by atoms with Gasteiger partial charge in [0.1, 0.15) is 10.7 Å². The van der Waals surface area contributed by atoms with Crippen molar-refractivity contribution in [3.05, 3.63) is 18.3 Å². The molecule has 3 rings (SSSR count). The third-order valence-corrected chi connectivity index (χ3v) is 6.31. The van der Waals surface area contributed by atoms with Gasteiger partial charge in [-0.05, 0) is 25.0 Å². The Morgan fingerprint density at radius 2 is 2.00 bits per heavy atom. The van der Waals surface area contributed by atoms with Crippen molar-refractivity contribution in [2.24, 2.45) is 0 Å². The summed E-state index contributed by atoms with van der Waals surface area (Å²) in [6.07, 6.45) is 3.83. The summed E-state index contributed by atoms with van der Waals surface area (Å²) in [5.41, 5.74) is 0. The minimum absolute atomic E-state index is 0.197. The molecule has 1 aromatic heterocycles. The first-order valence-corrected chi connectivity index (χ1v) is 10.1.